The van der Waals surface area contributed by atoms with E-state index in [9.17, 15) is 4.79 Å². The number of aromatic nitrogens is 2. The zero-order valence-corrected chi connectivity index (χ0v) is 13.5. The molecule has 3 rings (SSSR count). The van der Waals surface area contributed by atoms with Crippen LogP contribution in [0, 0.1) is 0 Å². The fourth-order valence-electron chi connectivity index (χ4n) is 2.09. The molecule has 0 fully saturated rings. The molecule has 0 unspecified atom stereocenters. The highest BCUT2D eigenvalue weighted by Crippen LogP contribution is 2.23. The van der Waals surface area contributed by atoms with Crippen molar-refractivity contribution in [3.8, 4) is 5.75 Å². The number of nitrogens with one attached hydrogen (secondary N) is 1. The fraction of sp³-hybridized carbons (Fsp3) is 0.0588. The van der Waals surface area contributed by atoms with E-state index < -0.39 is 0 Å². The third-order valence-corrected chi connectivity index (χ3v) is 3.62. The van der Waals surface area contributed by atoms with Crippen molar-refractivity contribution in [3.05, 3.63) is 65.1 Å². The van der Waals surface area contributed by atoms with E-state index in [2.05, 4.69) is 20.5 Å². The molecule has 1 amide bonds. The molecule has 3 aromatic rings. The molecule has 0 bridgehead atoms. The van der Waals surface area contributed by atoms with Crippen molar-refractivity contribution in [3.63, 3.8) is 0 Å². The van der Waals surface area contributed by atoms with Crippen molar-refractivity contribution in [2.24, 2.45) is 5.10 Å². The van der Waals surface area contributed by atoms with Crippen molar-refractivity contribution < 1.29 is 9.53 Å². The molecule has 6 nitrogen and oxygen atoms in total. The number of hydrogen-bond donors (Lipinski definition) is 1. The van der Waals surface area contributed by atoms with Crippen LogP contribution < -0.4 is 10.2 Å². The van der Waals surface area contributed by atoms with Crippen LogP contribution in [0.2, 0.25) is 5.15 Å². The molecule has 0 radical (unpaired) electrons. The smallest absolute Gasteiger partial charge is 0.271 e. The van der Waals surface area contributed by atoms with Gasteiger partial charge in [0.25, 0.3) is 5.91 Å². The lowest BCUT2D eigenvalue weighted by Gasteiger charge is -2.04. The van der Waals surface area contributed by atoms with Crippen LogP contribution in [0.3, 0.4) is 0 Å². The van der Waals surface area contributed by atoms with Crippen LogP contribution >= 0.6 is 11.6 Å². The quantitative estimate of drug-likeness (QED) is 0.450. The van der Waals surface area contributed by atoms with Gasteiger partial charge in [0.1, 0.15) is 10.9 Å². The summed E-state index contributed by atoms with van der Waals surface area (Å²) in [6.45, 7) is 0. The van der Waals surface area contributed by atoms with Gasteiger partial charge in [-0.2, -0.15) is 5.10 Å². The summed E-state index contributed by atoms with van der Waals surface area (Å²) in [5.41, 5.74) is 4.23. The first kappa shape index (κ1) is 15.9. The van der Waals surface area contributed by atoms with Crippen molar-refractivity contribution >= 4 is 34.6 Å². The molecule has 7 heteroatoms. The van der Waals surface area contributed by atoms with Gasteiger partial charge in [-0.1, -0.05) is 11.6 Å². The molecule has 0 saturated heterocycles. The first-order chi connectivity index (χ1) is 11.7. The summed E-state index contributed by atoms with van der Waals surface area (Å²) in [5, 5.41) is 5.11. The summed E-state index contributed by atoms with van der Waals surface area (Å²) in [4.78, 5) is 20.1. The Labute approximate surface area is 143 Å². The first-order valence-corrected chi connectivity index (χ1v) is 7.43. The number of nitrogens with zero attached hydrogens (tertiary/aromatic N) is 3. The number of hydrazone groups is 1. The Kier molecular flexibility index (Phi) is 4.67. The summed E-state index contributed by atoms with van der Waals surface area (Å²) < 4.78 is 5.16. The number of carbonyl (C=O) groups excluding carboxylic acids is 1. The SMILES string of the molecule is COc1ccc2cc(/C=N/NC(=O)c3ccncc3)c(Cl)nc2c1. The van der Waals surface area contributed by atoms with E-state index in [4.69, 9.17) is 16.3 Å². The first-order valence-electron chi connectivity index (χ1n) is 7.05. The van der Waals surface area contributed by atoms with Crippen LogP contribution in [0.25, 0.3) is 10.9 Å². The van der Waals surface area contributed by atoms with Crippen molar-refractivity contribution in [1.29, 1.82) is 0 Å². The predicted octanol–water partition coefficient (Wildman–Crippen LogP) is 3.06. The molecule has 1 aromatic carbocycles. The molecule has 0 aliphatic carbocycles. The maximum Gasteiger partial charge on any atom is 0.271 e. The summed E-state index contributed by atoms with van der Waals surface area (Å²) in [6, 6.07) is 10.6. The Morgan fingerprint density at radius 2 is 2.04 bits per heavy atom. The number of pyridine rings is 2. The minimum Gasteiger partial charge on any atom is -0.497 e. The number of ether oxygens (including phenoxy) is 1. The van der Waals surface area contributed by atoms with E-state index in [1.807, 2.05) is 18.2 Å². The van der Waals surface area contributed by atoms with Crippen LogP contribution in [0.1, 0.15) is 15.9 Å². The van der Waals surface area contributed by atoms with Gasteiger partial charge >= 0.3 is 0 Å². The van der Waals surface area contributed by atoms with Gasteiger partial charge in [-0.25, -0.2) is 10.4 Å². The molecule has 0 aliphatic heterocycles. The lowest BCUT2D eigenvalue weighted by Crippen LogP contribution is -2.17. The second-order valence-corrected chi connectivity index (χ2v) is 5.22. The molecule has 0 saturated carbocycles. The van der Waals surface area contributed by atoms with Crippen LogP contribution in [0.4, 0.5) is 0 Å². The van der Waals surface area contributed by atoms with Crippen LogP contribution in [-0.4, -0.2) is 29.2 Å². The summed E-state index contributed by atoms with van der Waals surface area (Å²) in [6.07, 6.45) is 4.53. The molecule has 24 heavy (non-hydrogen) atoms. The third kappa shape index (κ3) is 3.49. The minimum absolute atomic E-state index is 0.290. The van der Waals surface area contributed by atoms with Gasteiger partial charge in [-0.3, -0.25) is 9.78 Å². The van der Waals surface area contributed by atoms with Crippen LogP contribution in [-0.2, 0) is 0 Å². The summed E-state index contributed by atoms with van der Waals surface area (Å²) >= 11 is 6.17. The number of methoxy groups -OCH3 is 1. The fourth-order valence-corrected chi connectivity index (χ4v) is 2.28. The Bertz CT molecular complexity index is 913. The number of fused-ring (bicyclic) bond motifs is 1. The Hall–Kier alpha value is -2.99. The maximum atomic E-state index is 11.9. The largest absolute Gasteiger partial charge is 0.497 e. The van der Waals surface area contributed by atoms with Gasteiger partial charge < -0.3 is 4.74 Å². The number of benzene rings is 1. The van der Waals surface area contributed by atoms with E-state index in [0.717, 1.165) is 10.9 Å². The van der Waals surface area contributed by atoms with Crippen molar-refractivity contribution in [1.82, 2.24) is 15.4 Å². The second-order valence-electron chi connectivity index (χ2n) is 4.86. The van der Waals surface area contributed by atoms with Gasteiger partial charge in [-0.15, -0.1) is 0 Å². The molecule has 1 N–H and O–H groups in total. The topological polar surface area (TPSA) is 76.5 Å². The van der Waals surface area contributed by atoms with Gasteiger partial charge in [-0.05, 0) is 30.3 Å². The highest BCUT2D eigenvalue weighted by molar-refractivity contribution is 6.32. The van der Waals surface area contributed by atoms with Crippen LogP contribution in [0.15, 0.2) is 53.9 Å². The predicted molar refractivity (Wildman–Crippen MR) is 92.6 cm³/mol. The highest BCUT2D eigenvalue weighted by Gasteiger charge is 2.06. The lowest BCUT2D eigenvalue weighted by atomic mass is 10.1. The third-order valence-electron chi connectivity index (χ3n) is 3.32. The molecule has 0 atom stereocenters. The zero-order valence-electron chi connectivity index (χ0n) is 12.7. The standard InChI is InChI=1S/C17H13ClN4O2/c1-24-14-3-2-12-8-13(16(18)21-15(12)9-14)10-20-22-17(23)11-4-6-19-7-5-11/h2-10H,1H3,(H,22,23)/b20-10+. The average molecular weight is 341 g/mol. The molecular weight excluding hydrogens is 328 g/mol. The Morgan fingerprint density at radius 3 is 2.79 bits per heavy atom. The van der Waals surface area contributed by atoms with E-state index >= 15 is 0 Å². The number of hydrogen-bond acceptors (Lipinski definition) is 5. The van der Waals surface area contributed by atoms with Crippen molar-refractivity contribution in [2.45, 2.75) is 0 Å². The van der Waals surface area contributed by atoms with Crippen LogP contribution in [0.5, 0.6) is 5.75 Å². The molecule has 2 aromatic heterocycles. The minimum atomic E-state index is -0.330. The van der Waals surface area contributed by atoms with E-state index in [1.165, 1.54) is 18.6 Å². The monoisotopic (exact) mass is 340 g/mol. The number of rotatable bonds is 4. The van der Waals surface area contributed by atoms with Gasteiger partial charge in [0.05, 0.1) is 18.8 Å². The molecular formula is C17H13ClN4O2. The van der Waals surface area contributed by atoms with Gasteiger partial charge in [0.2, 0.25) is 0 Å². The highest BCUT2D eigenvalue weighted by atomic mass is 35.5. The van der Waals surface area contributed by atoms with E-state index in [-0.39, 0.29) is 11.1 Å². The molecule has 0 spiro atoms. The van der Waals surface area contributed by atoms with E-state index in [1.54, 1.807) is 25.3 Å². The second kappa shape index (κ2) is 7.06. The van der Waals surface area contributed by atoms with Gasteiger partial charge in [0.15, 0.2) is 0 Å². The maximum absolute atomic E-state index is 11.9. The molecule has 0 aliphatic rings. The Balaban J connectivity index is 1.79. The van der Waals surface area contributed by atoms with Crippen molar-refractivity contribution in [2.75, 3.05) is 7.11 Å². The number of halogens is 1. The summed E-state index contributed by atoms with van der Waals surface area (Å²) in [7, 11) is 1.59. The summed E-state index contributed by atoms with van der Waals surface area (Å²) in [5.74, 6) is 0.375. The zero-order chi connectivity index (χ0) is 16.9. The lowest BCUT2D eigenvalue weighted by molar-refractivity contribution is 0.0955. The molecule has 2 heterocycles. The normalized spacial score (nSPS) is 10.9. The number of amides is 1. The average Bonchev–Trinajstić information content (AvgIpc) is 2.62. The Morgan fingerprint density at radius 1 is 1.25 bits per heavy atom. The van der Waals surface area contributed by atoms with Gasteiger partial charge in [0, 0.05) is 35.0 Å². The molecule has 120 valence electrons. The number of carbonyl (C=O) groups is 1. The van der Waals surface area contributed by atoms with E-state index in [0.29, 0.717) is 16.9 Å².